The maximum atomic E-state index is 6.11. The fourth-order valence-corrected chi connectivity index (χ4v) is 1.60. The van der Waals surface area contributed by atoms with Gasteiger partial charge in [-0.3, -0.25) is 0 Å². The summed E-state index contributed by atoms with van der Waals surface area (Å²) in [6, 6.07) is 7.77. The van der Waals surface area contributed by atoms with Crippen LogP contribution in [0.5, 0.6) is 5.75 Å². The van der Waals surface area contributed by atoms with Gasteiger partial charge in [-0.1, -0.05) is 12.1 Å². The van der Waals surface area contributed by atoms with Gasteiger partial charge >= 0.3 is 0 Å². The van der Waals surface area contributed by atoms with Gasteiger partial charge in [-0.05, 0) is 17.7 Å². The molecule has 2 N–H and O–H groups in total. The van der Waals surface area contributed by atoms with Gasteiger partial charge in [0.25, 0.3) is 0 Å². The molecule has 16 heavy (non-hydrogen) atoms. The summed E-state index contributed by atoms with van der Waals surface area (Å²) in [5.41, 5.74) is 7.17. The molecule has 1 aromatic heterocycles. The molecule has 0 bridgehead atoms. The van der Waals surface area contributed by atoms with Crippen LogP contribution in [0.2, 0.25) is 0 Å². The Bertz CT molecular complexity index is 439. The molecule has 84 valence electrons. The normalized spacial score (nSPS) is 12.4. The third-order valence-corrected chi connectivity index (χ3v) is 2.49. The first-order chi connectivity index (χ1) is 7.79. The molecule has 1 heterocycles. The number of ether oxygens (including phenoxy) is 1. The fourth-order valence-electron chi connectivity index (χ4n) is 1.60. The lowest BCUT2D eigenvalue weighted by molar-refractivity contribution is 0.413. The molecular weight excluding hydrogens is 202 g/mol. The summed E-state index contributed by atoms with van der Waals surface area (Å²) in [5, 5.41) is 0. The van der Waals surface area contributed by atoms with Gasteiger partial charge in [0.05, 0.1) is 13.4 Å². The van der Waals surface area contributed by atoms with Crippen molar-refractivity contribution in [2.45, 2.75) is 12.6 Å². The second kappa shape index (κ2) is 4.81. The van der Waals surface area contributed by atoms with Crippen molar-refractivity contribution in [3.05, 3.63) is 48.5 Å². The highest BCUT2D eigenvalue weighted by molar-refractivity contribution is 5.30. The number of nitrogens with two attached hydrogens (primary N) is 1. The summed E-state index contributed by atoms with van der Waals surface area (Å²) in [5.74, 6) is 0.832. The Kier molecular flexibility index (Phi) is 3.22. The molecule has 0 saturated carbocycles. The molecule has 0 aliphatic heterocycles. The van der Waals surface area contributed by atoms with E-state index in [0.717, 1.165) is 11.3 Å². The molecule has 2 aromatic rings. The second-order valence-corrected chi connectivity index (χ2v) is 3.64. The molecule has 0 aliphatic rings. The number of imidazole rings is 1. The molecule has 0 aliphatic carbocycles. The van der Waals surface area contributed by atoms with E-state index in [1.807, 2.05) is 35.0 Å². The van der Waals surface area contributed by atoms with Gasteiger partial charge in [0.1, 0.15) is 5.75 Å². The molecule has 0 amide bonds. The first kappa shape index (κ1) is 10.7. The SMILES string of the molecule is COc1cccc(C(N)Cn2ccnc2)c1. The standard InChI is InChI=1S/C12H15N3O/c1-16-11-4-2-3-10(7-11)12(13)8-15-6-5-14-9-15/h2-7,9,12H,8,13H2,1H3. The smallest absolute Gasteiger partial charge is 0.119 e. The molecule has 4 heteroatoms. The van der Waals surface area contributed by atoms with Gasteiger partial charge in [0.2, 0.25) is 0 Å². The molecule has 4 nitrogen and oxygen atoms in total. The van der Waals surface area contributed by atoms with Crippen LogP contribution in [-0.2, 0) is 6.54 Å². The molecule has 1 aromatic carbocycles. The van der Waals surface area contributed by atoms with Gasteiger partial charge < -0.3 is 15.0 Å². The number of methoxy groups -OCH3 is 1. The summed E-state index contributed by atoms with van der Waals surface area (Å²) in [6.45, 7) is 0.715. The first-order valence-corrected chi connectivity index (χ1v) is 5.15. The van der Waals surface area contributed by atoms with E-state index in [1.54, 1.807) is 19.6 Å². The van der Waals surface area contributed by atoms with Gasteiger partial charge in [-0.2, -0.15) is 0 Å². The minimum absolute atomic E-state index is 0.0516. The number of hydrogen-bond acceptors (Lipinski definition) is 3. The molecule has 1 atom stereocenters. The minimum atomic E-state index is -0.0516. The lowest BCUT2D eigenvalue weighted by Gasteiger charge is -2.13. The monoisotopic (exact) mass is 217 g/mol. The molecule has 1 unspecified atom stereocenters. The van der Waals surface area contributed by atoms with Crippen molar-refractivity contribution in [1.82, 2.24) is 9.55 Å². The Morgan fingerprint density at radius 2 is 2.38 bits per heavy atom. The van der Waals surface area contributed by atoms with Crippen LogP contribution in [0.1, 0.15) is 11.6 Å². The third-order valence-electron chi connectivity index (χ3n) is 2.49. The molecular formula is C12H15N3O. The predicted octanol–water partition coefficient (Wildman–Crippen LogP) is 1.59. The van der Waals surface area contributed by atoms with E-state index in [-0.39, 0.29) is 6.04 Å². The maximum absolute atomic E-state index is 6.11. The number of aromatic nitrogens is 2. The maximum Gasteiger partial charge on any atom is 0.119 e. The van der Waals surface area contributed by atoms with Crippen molar-refractivity contribution >= 4 is 0 Å². The van der Waals surface area contributed by atoms with Crippen LogP contribution in [0.3, 0.4) is 0 Å². The van der Waals surface area contributed by atoms with E-state index in [9.17, 15) is 0 Å². The van der Waals surface area contributed by atoms with Crippen molar-refractivity contribution in [3.63, 3.8) is 0 Å². The predicted molar refractivity (Wildman–Crippen MR) is 62.1 cm³/mol. The van der Waals surface area contributed by atoms with Crippen molar-refractivity contribution in [3.8, 4) is 5.75 Å². The van der Waals surface area contributed by atoms with Gasteiger partial charge in [-0.25, -0.2) is 4.98 Å². The van der Waals surface area contributed by atoms with E-state index >= 15 is 0 Å². The van der Waals surface area contributed by atoms with Crippen LogP contribution in [0.25, 0.3) is 0 Å². The zero-order valence-electron chi connectivity index (χ0n) is 9.21. The van der Waals surface area contributed by atoms with Crippen molar-refractivity contribution in [2.24, 2.45) is 5.73 Å². The molecule has 2 rings (SSSR count). The van der Waals surface area contributed by atoms with Gasteiger partial charge in [-0.15, -0.1) is 0 Å². The van der Waals surface area contributed by atoms with Crippen LogP contribution in [0.4, 0.5) is 0 Å². The number of rotatable bonds is 4. The quantitative estimate of drug-likeness (QED) is 0.846. The molecule has 0 saturated heterocycles. The highest BCUT2D eigenvalue weighted by Gasteiger charge is 2.07. The van der Waals surface area contributed by atoms with Crippen LogP contribution in [0.15, 0.2) is 43.0 Å². The summed E-state index contributed by atoms with van der Waals surface area (Å²) >= 11 is 0. The Morgan fingerprint density at radius 3 is 3.06 bits per heavy atom. The summed E-state index contributed by atoms with van der Waals surface area (Å²) in [4.78, 5) is 3.99. The summed E-state index contributed by atoms with van der Waals surface area (Å²) in [7, 11) is 1.65. The molecule has 0 fully saturated rings. The van der Waals surface area contributed by atoms with E-state index in [0.29, 0.717) is 6.54 Å². The van der Waals surface area contributed by atoms with E-state index < -0.39 is 0 Å². The first-order valence-electron chi connectivity index (χ1n) is 5.15. The topological polar surface area (TPSA) is 53.1 Å². The minimum Gasteiger partial charge on any atom is -0.497 e. The van der Waals surface area contributed by atoms with Crippen LogP contribution in [0, 0.1) is 0 Å². The molecule has 0 spiro atoms. The second-order valence-electron chi connectivity index (χ2n) is 3.64. The van der Waals surface area contributed by atoms with Gasteiger partial charge in [0, 0.05) is 25.0 Å². The van der Waals surface area contributed by atoms with Crippen molar-refractivity contribution in [2.75, 3.05) is 7.11 Å². The Labute approximate surface area is 94.7 Å². The van der Waals surface area contributed by atoms with Crippen molar-refractivity contribution in [1.29, 1.82) is 0 Å². The Hall–Kier alpha value is -1.81. The lowest BCUT2D eigenvalue weighted by Crippen LogP contribution is -2.16. The van der Waals surface area contributed by atoms with Gasteiger partial charge in [0.15, 0.2) is 0 Å². The van der Waals surface area contributed by atoms with Crippen LogP contribution >= 0.6 is 0 Å². The highest BCUT2D eigenvalue weighted by atomic mass is 16.5. The highest BCUT2D eigenvalue weighted by Crippen LogP contribution is 2.18. The largest absolute Gasteiger partial charge is 0.497 e. The average molecular weight is 217 g/mol. The number of nitrogens with zero attached hydrogens (tertiary/aromatic N) is 2. The zero-order chi connectivity index (χ0) is 11.4. The Morgan fingerprint density at radius 1 is 1.50 bits per heavy atom. The average Bonchev–Trinajstić information content (AvgIpc) is 2.82. The Balaban J connectivity index is 2.11. The molecule has 0 radical (unpaired) electrons. The van der Waals surface area contributed by atoms with Crippen LogP contribution < -0.4 is 10.5 Å². The number of hydrogen-bond donors (Lipinski definition) is 1. The third kappa shape index (κ3) is 2.41. The van der Waals surface area contributed by atoms with E-state index in [1.165, 1.54) is 0 Å². The summed E-state index contributed by atoms with van der Waals surface area (Å²) < 4.78 is 7.13. The van der Waals surface area contributed by atoms with Crippen molar-refractivity contribution < 1.29 is 4.74 Å². The fraction of sp³-hybridized carbons (Fsp3) is 0.250. The summed E-state index contributed by atoms with van der Waals surface area (Å²) in [6.07, 6.45) is 5.42. The van der Waals surface area contributed by atoms with E-state index in [2.05, 4.69) is 4.98 Å². The number of benzene rings is 1. The van der Waals surface area contributed by atoms with E-state index in [4.69, 9.17) is 10.5 Å². The lowest BCUT2D eigenvalue weighted by atomic mass is 10.1. The van der Waals surface area contributed by atoms with Crippen LogP contribution in [-0.4, -0.2) is 16.7 Å². The zero-order valence-corrected chi connectivity index (χ0v) is 9.21.